The molecule has 0 radical (unpaired) electrons. The summed E-state index contributed by atoms with van der Waals surface area (Å²) >= 11 is 6.09. The Bertz CT molecular complexity index is 1390. The molecule has 0 spiro atoms. The van der Waals surface area contributed by atoms with Gasteiger partial charge < -0.3 is 25.3 Å². The summed E-state index contributed by atoms with van der Waals surface area (Å²) in [5.41, 5.74) is 5.00. The van der Waals surface area contributed by atoms with Gasteiger partial charge in [-0.25, -0.2) is 4.79 Å². The van der Waals surface area contributed by atoms with Gasteiger partial charge in [-0.1, -0.05) is 60.1 Å². The third kappa shape index (κ3) is 4.73. The summed E-state index contributed by atoms with van der Waals surface area (Å²) in [7, 11) is 0. The molecular formula is C27H25ClN4O3. The van der Waals surface area contributed by atoms with Crippen molar-refractivity contribution in [2.45, 2.75) is 6.92 Å². The third-order valence-electron chi connectivity index (χ3n) is 6.10. The van der Waals surface area contributed by atoms with Crippen LogP contribution in [0.25, 0.3) is 22.0 Å². The van der Waals surface area contributed by atoms with Crippen LogP contribution < -0.4 is 10.6 Å². The van der Waals surface area contributed by atoms with Crippen LogP contribution in [0.4, 0.5) is 16.2 Å². The van der Waals surface area contributed by atoms with Gasteiger partial charge in [0.1, 0.15) is 5.69 Å². The van der Waals surface area contributed by atoms with Crippen molar-refractivity contribution < 1.29 is 14.3 Å². The van der Waals surface area contributed by atoms with Crippen molar-refractivity contribution in [3.8, 4) is 11.1 Å². The summed E-state index contributed by atoms with van der Waals surface area (Å²) in [5, 5.41) is 7.17. The van der Waals surface area contributed by atoms with Crippen LogP contribution in [0.15, 0.2) is 66.7 Å². The molecule has 8 heteroatoms. The Labute approximate surface area is 208 Å². The molecule has 1 aliphatic rings. The van der Waals surface area contributed by atoms with Gasteiger partial charge in [0.2, 0.25) is 0 Å². The normalized spacial score (nSPS) is 13.6. The number of anilines is 2. The van der Waals surface area contributed by atoms with Crippen LogP contribution in [0.2, 0.25) is 5.02 Å². The number of aromatic amines is 1. The lowest BCUT2D eigenvalue weighted by Crippen LogP contribution is -2.41. The number of benzene rings is 3. The molecule has 5 rings (SSSR count). The maximum atomic E-state index is 13.5. The van der Waals surface area contributed by atoms with Crippen LogP contribution in [-0.4, -0.2) is 48.1 Å². The van der Waals surface area contributed by atoms with Crippen LogP contribution >= 0.6 is 11.6 Å². The molecule has 1 saturated heterocycles. The highest BCUT2D eigenvalue weighted by Crippen LogP contribution is 2.36. The minimum atomic E-state index is -0.403. The van der Waals surface area contributed by atoms with E-state index in [0.29, 0.717) is 53.9 Å². The number of carbonyl (C=O) groups excluding carboxylic acids is 2. The Kier molecular flexibility index (Phi) is 6.44. The van der Waals surface area contributed by atoms with E-state index in [1.807, 2.05) is 55.5 Å². The van der Waals surface area contributed by atoms with Crippen molar-refractivity contribution in [3.05, 3.63) is 83.0 Å². The second-order valence-electron chi connectivity index (χ2n) is 8.41. The smallest absolute Gasteiger partial charge is 0.323 e. The van der Waals surface area contributed by atoms with Crippen molar-refractivity contribution in [1.82, 2.24) is 9.88 Å². The number of H-pyrrole nitrogens is 1. The fourth-order valence-corrected chi connectivity index (χ4v) is 4.49. The zero-order valence-electron chi connectivity index (χ0n) is 19.2. The molecule has 2 heterocycles. The van der Waals surface area contributed by atoms with Crippen molar-refractivity contribution in [2.24, 2.45) is 0 Å². The summed E-state index contributed by atoms with van der Waals surface area (Å²) < 4.78 is 5.42. The highest BCUT2D eigenvalue weighted by molar-refractivity contribution is 6.31. The number of para-hydroxylation sites is 1. The summed E-state index contributed by atoms with van der Waals surface area (Å²) in [5.74, 6) is -0.0895. The van der Waals surface area contributed by atoms with E-state index in [2.05, 4.69) is 15.6 Å². The number of morpholine rings is 1. The minimum absolute atomic E-state index is 0.0895. The molecule has 3 amide bonds. The highest BCUT2D eigenvalue weighted by atomic mass is 35.5. The highest BCUT2D eigenvalue weighted by Gasteiger charge is 2.26. The topological polar surface area (TPSA) is 86.5 Å². The van der Waals surface area contributed by atoms with Gasteiger partial charge in [-0.3, -0.25) is 4.79 Å². The molecule has 1 fully saturated rings. The number of urea groups is 1. The maximum Gasteiger partial charge on any atom is 0.323 e. The Morgan fingerprint density at radius 1 is 0.943 bits per heavy atom. The van der Waals surface area contributed by atoms with E-state index in [1.54, 1.807) is 23.1 Å². The monoisotopic (exact) mass is 488 g/mol. The first kappa shape index (κ1) is 23.0. The zero-order chi connectivity index (χ0) is 24.4. The van der Waals surface area contributed by atoms with Crippen LogP contribution in [0.3, 0.4) is 0 Å². The molecule has 3 aromatic carbocycles. The first-order valence-corrected chi connectivity index (χ1v) is 11.8. The first-order chi connectivity index (χ1) is 17.0. The van der Waals surface area contributed by atoms with Crippen molar-refractivity contribution >= 4 is 45.8 Å². The van der Waals surface area contributed by atoms with E-state index in [0.717, 1.165) is 22.1 Å². The summed E-state index contributed by atoms with van der Waals surface area (Å²) in [6.45, 7) is 4.00. The van der Waals surface area contributed by atoms with Gasteiger partial charge in [-0.05, 0) is 36.2 Å². The van der Waals surface area contributed by atoms with E-state index in [1.165, 1.54) is 0 Å². The molecule has 0 bridgehead atoms. The number of hydrogen-bond donors (Lipinski definition) is 3. The second-order valence-corrected chi connectivity index (χ2v) is 8.85. The molecule has 1 aromatic heterocycles. The zero-order valence-corrected chi connectivity index (χ0v) is 20.0. The van der Waals surface area contributed by atoms with E-state index < -0.39 is 6.03 Å². The lowest BCUT2D eigenvalue weighted by Gasteiger charge is -2.26. The number of aromatic nitrogens is 1. The van der Waals surface area contributed by atoms with E-state index in [9.17, 15) is 9.59 Å². The predicted octanol–water partition coefficient (Wildman–Crippen LogP) is 5.91. The molecule has 7 nitrogen and oxygen atoms in total. The quantitative estimate of drug-likeness (QED) is 0.333. The molecule has 0 atom stereocenters. The first-order valence-electron chi connectivity index (χ1n) is 11.4. The van der Waals surface area contributed by atoms with Crippen molar-refractivity contribution in [3.63, 3.8) is 0 Å². The molecular weight excluding hydrogens is 464 g/mol. The number of halogens is 1. The Morgan fingerprint density at radius 2 is 1.69 bits per heavy atom. The molecule has 1 aliphatic heterocycles. The van der Waals surface area contributed by atoms with Gasteiger partial charge >= 0.3 is 6.03 Å². The molecule has 35 heavy (non-hydrogen) atoms. The fourth-order valence-electron chi connectivity index (χ4n) is 4.32. The number of nitrogens with one attached hydrogen (secondary N) is 3. The van der Waals surface area contributed by atoms with Crippen LogP contribution in [-0.2, 0) is 4.74 Å². The number of fused-ring (bicyclic) bond motifs is 1. The van der Waals surface area contributed by atoms with E-state index in [4.69, 9.17) is 16.3 Å². The van der Waals surface area contributed by atoms with Gasteiger partial charge in [-0.2, -0.15) is 0 Å². The Morgan fingerprint density at radius 3 is 2.46 bits per heavy atom. The third-order valence-corrected chi connectivity index (χ3v) is 6.34. The maximum absolute atomic E-state index is 13.5. The number of aryl methyl sites for hydroxylation is 1. The standard InChI is InChI=1S/C27H25ClN4O3/c1-17-10-11-19(28)16-22(17)30-27(34)29-21-9-5-8-20-23(18-6-3-2-4-7-18)25(31-24(20)21)26(33)32-12-14-35-15-13-32/h2-11,16,31H,12-15H2,1H3,(H2,29,30,34). The number of hydrogen-bond acceptors (Lipinski definition) is 3. The van der Waals surface area contributed by atoms with Gasteiger partial charge in [0, 0.05) is 34.7 Å². The van der Waals surface area contributed by atoms with Crippen LogP contribution in [0.1, 0.15) is 16.1 Å². The summed E-state index contributed by atoms with van der Waals surface area (Å²) in [4.78, 5) is 31.5. The van der Waals surface area contributed by atoms with Crippen molar-refractivity contribution in [2.75, 3.05) is 36.9 Å². The van der Waals surface area contributed by atoms with Gasteiger partial charge in [0.15, 0.2) is 0 Å². The number of nitrogens with zero attached hydrogens (tertiary/aromatic N) is 1. The number of carbonyl (C=O) groups is 2. The van der Waals surface area contributed by atoms with Gasteiger partial charge in [-0.15, -0.1) is 0 Å². The molecule has 3 N–H and O–H groups in total. The lowest BCUT2D eigenvalue weighted by atomic mass is 10.0. The number of ether oxygens (including phenoxy) is 1. The fraction of sp³-hybridized carbons (Fsp3) is 0.185. The lowest BCUT2D eigenvalue weighted by molar-refractivity contribution is 0.0300. The largest absolute Gasteiger partial charge is 0.378 e. The number of amides is 3. The summed E-state index contributed by atoms with van der Waals surface area (Å²) in [6, 6.07) is 20.3. The average Bonchev–Trinajstić information content (AvgIpc) is 3.27. The summed E-state index contributed by atoms with van der Waals surface area (Å²) in [6.07, 6.45) is 0. The predicted molar refractivity (Wildman–Crippen MR) is 139 cm³/mol. The van der Waals surface area contributed by atoms with Crippen LogP contribution in [0, 0.1) is 6.92 Å². The Balaban J connectivity index is 1.54. The van der Waals surface area contributed by atoms with E-state index >= 15 is 0 Å². The molecule has 178 valence electrons. The minimum Gasteiger partial charge on any atom is -0.378 e. The van der Waals surface area contributed by atoms with Crippen molar-refractivity contribution in [1.29, 1.82) is 0 Å². The SMILES string of the molecule is Cc1ccc(Cl)cc1NC(=O)Nc1cccc2c(-c3ccccc3)c(C(=O)N3CCOCC3)[nH]c12. The average molecular weight is 489 g/mol. The molecule has 0 saturated carbocycles. The van der Waals surface area contributed by atoms with Gasteiger partial charge in [0.05, 0.1) is 24.4 Å². The number of rotatable bonds is 4. The molecule has 0 aliphatic carbocycles. The Hall–Kier alpha value is -3.81. The van der Waals surface area contributed by atoms with Gasteiger partial charge in [0.25, 0.3) is 5.91 Å². The molecule has 4 aromatic rings. The van der Waals surface area contributed by atoms with E-state index in [-0.39, 0.29) is 5.91 Å². The second kappa shape index (κ2) is 9.82. The molecule has 0 unspecified atom stereocenters. The van der Waals surface area contributed by atoms with Crippen LogP contribution in [0.5, 0.6) is 0 Å².